The van der Waals surface area contributed by atoms with Crippen LogP contribution in [0.4, 0.5) is 5.69 Å². The van der Waals surface area contributed by atoms with Gasteiger partial charge >= 0.3 is 0 Å². The van der Waals surface area contributed by atoms with Crippen molar-refractivity contribution in [2.24, 2.45) is 0 Å². The van der Waals surface area contributed by atoms with Crippen molar-refractivity contribution in [2.75, 3.05) is 24.7 Å². The molecule has 0 saturated heterocycles. The number of nitrogens with one attached hydrogen (secondary N) is 1. The van der Waals surface area contributed by atoms with Crippen LogP contribution in [-0.2, 0) is 17.8 Å². The van der Waals surface area contributed by atoms with Crippen LogP contribution in [0.2, 0.25) is 5.02 Å². The van der Waals surface area contributed by atoms with Crippen LogP contribution in [0.5, 0.6) is 0 Å². The molecule has 0 atom stereocenters. The molecule has 1 aromatic heterocycles. The highest BCUT2D eigenvalue weighted by Crippen LogP contribution is 2.37. The number of carbonyl (C=O) groups is 1. The number of anilines is 1. The zero-order chi connectivity index (χ0) is 23.5. The summed E-state index contributed by atoms with van der Waals surface area (Å²) < 4.78 is 0. The number of amides is 1. The number of aryl methyl sites for hydroxylation is 2. The molecule has 1 aliphatic heterocycles. The number of benzene rings is 2. The van der Waals surface area contributed by atoms with Crippen LogP contribution in [0.1, 0.15) is 27.9 Å². The highest BCUT2D eigenvalue weighted by atomic mass is 35.5. The van der Waals surface area contributed by atoms with E-state index in [-0.39, 0.29) is 11.7 Å². The summed E-state index contributed by atoms with van der Waals surface area (Å²) >= 11 is 7.41. The summed E-state index contributed by atoms with van der Waals surface area (Å²) in [4.78, 5) is 19.7. The molecule has 0 saturated carbocycles. The van der Waals surface area contributed by atoms with Crippen molar-refractivity contribution < 1.29 is 4.79 Å². The molecule has 0 fully saturated rings. The lowest BCUT2D eigenvalue weighted by molar-refractivity contribution is -0.113. The Labute approximate surface area is 203 Å². The van der Waals surface area contributed by atoms with E-state index in [2.05, 4.69) is 29.4 Å². The molecule has 1 aliphatic rings. The summed E-state index contributed by atoms with van der Waals surface area (Å²) in [7, 11) is 2.07. The van der Waals surface area contributed by atoms with Gasteiger partial charge < -0.3 is 10.2 Å². The molecule has 5 nitrogen and oxygen atoms in total. The third kappa shape index (κ3) is 5.39. The summed E-state index contributed by atoms with van der Waals surface area (Å²) in [6.45, 7) is 5.64. The van der Waals surface area contributed by atoms with E-state index in [9.17, 15) is 10.1 Å². The lowest BCUT2D eigenvalue weighted by Crippen LogP contribution is -2.28. The minimum atomic E-state index is -0.124. The van der Waals surface area contributed by atoms with Crippen molar-refractivity contribution >= 4 is 35.0 Å². The maximum Gasteiger partial charge on any atom is 0.234 e. The fourth-order valence-electron chi connectivity index (χ4n) is 4.19. The first kappa shape index (κ1) is 23.3. The Bertz CT molecular complexity index is 1230. The molecule has 0 radical (unpaired) electrons. The average Bonchev–Trinajstić information content (AvgIpc) is 2.76. The highest BCUT2D eigenvalue weighted by molar-refractivity contribution is 8.00. The van der Waals surface area contributed by atoms with Gasteiger partial charge in [0.25, 0.3) is 0 Å². The van der Waals surface area contributed by atoms with E-state index in [0.717, 1.165) is 58.7 Å². The Hall–Kier alpha value is -2.85. The van der Waals surface area contributed by atoms with E-state index in [4.69, 9.17) is 16.6 Å². The standard InChI is InChI=1S/C26H25ClN4OS/c1-16-10-17(2)12-20(11-16)29-24(32)15-33-26-21(13-28)25(18-4-6-19(27)7-5-18)22-14-31(3)9-8-23(22)30-26/h4-7,10-12H,8-9,14-15H2,1-3H3,(H,29,32). The molecule has 33 heavy (non-hydrogen) atoms. The maximum atomic E-state index is 12.7. The van der Waals surface area contributed by atoms with Gasteiger partial charge in [-0.05, 0) is 67.4 Å². The smallest absolute Gasteiger partial charge is 0.234 e. The molecular weight excluding hydrogens is 452 g/mol. The van der Waals surface area contributed by atoms with E-state index >= 15 is 0 Å². The van der Waals surface area contributed by atoms with Crippen molar-refractivity contribution in [2.45, 2.75) is 31.8 Å². The summed E-state index contributed by atoms with van der Waals surface area (Å²) in [5.74, 6) is 0.0501. The van der Waals surface area contributed by atoms with Gasteiger partial charge in [0.15, 0.2) is 0 Å². The second kappa shape index (κ2) is 9.96. The molecule has 7 heteroatoms. The Morgan fingerprint density at radius 1 is 1.21 bits per heavy atom. The number of fused-ring (bicyclic) bond motifs is 1. The molecule has 1 N–H and O–H groups in total. The van der Waals surface area contributed by atoms with Crippen LogP contribution < -0.4 is 5.32 Å². The Morgan fingerprint density at radius 3 is 2.58 bits per heavy atom. The lowest BCUT2D eigenvalue weighted by atomic mass is 9.92. The highest BCUT2D eigenvalue weighted by Gasteiger charge is 2.25. The quantitative estimate of drug-likeness (QED) is 0.485. The van der Waals surface area contributed by atoms with Crippen molar-refractivity contribution in [1.29, 1.82) is 5.26 Å². The van der Waals surface area contributed by atoms with E-state index < -0.39 is 0 Å². The van der Waals surface area contributed by atoms with Crippen LogP contribution in [0.25, 0.3) is 11.1 Å². The third-order valence-electron chi connectivity index (χ3n) is 5.60. The van der Waals surface area contributed by atoms with Crippen LogP contribution in [0.15, 0.2) is 47.5 Å². The van der Waals surface area contributed by atoms with Crippen molar-refractivity contribution in [3.05, 3.63) is 75.4 Å². The second-order valence-electron chi connectivity index (χ2n) is 8.41. The number of thioether (sulfide) groups is 1. The zero-order valence-corrected chi connectivity index (χ0v) is 20.5. The molecule has 3 aromatic rings. The van der Waals surface area contributed by atoms with E-state index in [1.807, 2.05) is 50.2 Å². The lowest BCUT2D eigenvalue weighted by Gasteiger charge is -2.28. The molecular formula is C26H25ClN4OS. The molecule has 2 heterocycles. The van der Waals surface area contributed by atoms with Gasteiger partial charge in [-0.25, -0.2) is 4.98 Å². The number of rotatable bonds is 5. The van der Waals surface area contributed by atoms with Crippen LogP contribution in [0.3, 0.4) is 0 Å². The van der Waals surface area contributed by atoms with Gasteiger partial charge in [0.05, 0.1) is 11.3 Å². The summed E-state index contributed by atoms with van der Waals surface area (Å²) in [5, 5.41) is 14.3. The molecule has 168 valence electrons. The van der Waals surface area contributed by atoms with Gasteiger partial charge in [-0.1, -0.05) is 41.6 Å². The fourth-order valence-corrected chi connectivity index (χ4v) is 5.12. The van der Waals surface area contributed by atoms with Crippen LogP contribution in [0, 0.1) is 25.2 Å². The normalized spacial score (nSPS) is 13.3. The third-order valence-corrected chi connectivity index (χ3v) is 6.83. The van der Waals surface area contributed by atoms with Crippen LogP contribution >= 0.6 is 23.4 Å². The minimum Gasteiger partial charge on any atom is -0.325 e. The summed E-state index contributed by atoms with van der Waals surface area (Å²) in [6, 6.07) is 15.9. The van der Waals surface area contributed by atoms with Crippen molar-refractivity contribution in [1.82, 2.24) is 9.88 Å². The zero-order valence-electron chi connectivity index (χ0n) is 18.9. The van der Waals surface area contributed by atoms with Gasteiger partial charge in [0.2, 0.25) is 5.91 Å². The number of nitriles is 1. The predicted octanol–water partition coefficient (Wildman–Crippen LogP) is 5.61. The molecule has 0 aliphatic carbocycles. The maximum absolute atomic E-state index is 12.7. The first-order chi connectivity index (χ1) is 15.8. The Morgan fingerprint density at radius 2 is 1.91 bits per heavy atom. The van der Waals surface area contributed by atoms with E-state index in [1.54, 1.807) is 0 Å². The van der Waals surface area contributed by atoms with Crippen molar-refractivity contribution in [3.63, 3.8) is 0 Å². The second-order valence-corrected chi connectivity index (χ2v) is 9.81. The van der Waals surface area contributed by atoms with E-state index in [1.165, 1.54) is 11.8 Å². The topological polar surface area (TPSA) is 69.0 Å². The van der Waals surface area contributed by atoms with Gasteiger partial charge in [-0.15, -0.1) is 0 Å². The molecule has 1 amide bonds. The summed E-state index contributed by atoms with van der Waals surface area (Å²) in [6.07, 6.45) is 0.806. The molecule has 0 bridgehead atoms. The number of hydrogen-bond donors (Lipinski definition) is 1. The molecule has 0 spiro atoms. The first-order valence-corrected chi connectivity index (χ1v) is 12.1. The number of likely N-dealkylation sites (N-methyl/N-ethyl adjacent to an activating group) is 1. The molecule has 0 unspecified atom stereocenters. The predicted molar refractivity (Wildman–Crippen MR) is 135 cm³/mol. The molecule has 4 rings (SSSR count). The van der Waals surface area contributed by atoms with Crippen LogP contribution in [-0.4, -0.2) is 35.1 Å². The number of nitrogens with zero attached hydrogens (tertiary/aromatic N) is 3. The van der Waals surface area contributed by atoms with E-state index in [0.29, 0.717) is 15.6 Å². The number of pyridine rings is 1. The van der Waals surface area contributed by atoms with Gasteiger partial charge in [0, 0.05) is 41.5 Å². The fraction of sp³-hybridized carbons (Fsp3) is 0.269. The number of hydrogen-bond acceptors (Lipinski definition) is 5. The number of aromatic nitrogens is 1. The monoisotopic (exact) mass is 476 g/mol. The summed E-state index contributed by atoms with van der Waals surface area (Å²) in [5.41, 5.74) is 7.38. The van der Waals surface area contributed by atoms with Gasteiger partial charge in [-0.2, -0.15) is 5.26 Å². The number of carbonyl (C=O) groups excluding carboxylic acids is 1. The number of halogens is 1. The minimum absolute atomic E-state index is 0.124. The Balaban J connectivity index is 1.65. The average molecular weight is 477 g/mol. The molecule has 2 aromatic carbocycles. The van der Waals surface area contributed by atoms with Crippen molar-refractivity contribution in [3.8, 4) is 17.2 Å². The van der Waals surface area contributed by atoms with Gasteiger partial charge in [-0.3, -0.25) is 4.79 Å². The largest absolute Gasteiger partial charge is 0.325 e. The first-order valence-electron chi connectivity index (χ1n) is 10.8. The Kier molecular flexibility index (Phi) is 7.04. The van der Waals surface area contributed by atoms with Gasteiger partial charge in [0.1, 0.15) is 11.1 Å². The SMILES string of the molecule is Cc1cc(C)cc(NC(=O)CSc2nc3c(c(-c4ccc(Cl)cc4)c2C#N)CN(C)CC3)c1.